The van der Waals surface area contributed by atoms with Crippen LogP contribution in [0, 0.1) is 0 Å². The van der Waals surface area contributed by atoms with Crippen LogP contribution in [0.4, 0.5) is 28.4 Å². The zero-order chi connectivity index (χ0) is 34.4. The molecule has 0 fully saturated rings. The Morgan fingerprint density at radius 3 is 0.837 bits per heavy atom. The summed E-state index contributed by atoms with van der Waals surface area (Å²) in [6, 6.07) is 30.7. The lowest BCUT2D eigenvalue weighted by Gasteiger charge is -2.15. The SMILES string of the molecule is O=C=Nc1ccccc1Cc1cccc(Cc2cccc(Cc3cccc(Cc4ccccc4N=C=O)c3N=C=O)c2N=C=O)c1N=C=O. The van der Waals surface area contributed by atoms with Crippen LogP contribution < -0.4 is 0 Å². The summed E-state index contributed by atoms with van der Waals surface area (Å²) >= 11 is 0. The molecule has 5 aromatic rings. The highest BCUT2D eigenvalue weighted by Crippen LogP contribution is 2.36. The van der Waals surface area contributed by atoms with Crippen LogP contribution in [0.3, 0.4) is 0 Å². The molecule has 0 saturated heterocycles. The number of rotatable bonds is 13. The average molecular weight is 644 g/mol. The van der Waals surface area contributed by atoms with Crippen LogP contribution in [0.5, 0.6) is 0 Å². The van der Waals surface area contributed by atoms with Gasteiger partial charge in [0.15, 0.2) is 0 Å². The van der Waals surface area contributed by atoms with Gasteiger partial charge in [0.2, 0.25) is 30.4 Å². The normalized spacial score (nSPS) is 9.96. The molecule has 0 N–H and O–H groups in total. The smallest absolute Gasteiger partial charge is 0.211 e. The minimum Gasteiger partial charge on any atom is -0.211 e. The molecule has 236 valence electrons. The molecule has 10 heteroatoms. The third-order valence-electron chi connectivity index (χ3n) is 7.92. The van der Waals surface area contributed by atoms with Crippen LogP contribution in [0.2, 0.25) is 0 Å². The summed E-state index contributed by atoms with van der Waals surface area (Å²) in [7, 11) is 0. The van der Waals surface area contributed by atoms with Crippen LogP contribution in [0.1, 0.15) is 44.5 Å². The Bertz CT molecular complexity index is 2130. The van der Waals surface area contributed by atoms with Crippen molar-refractivity contribution < 1.29 is 24.0 Å². The summed E-state index contributed by atoms with van der Waals surface area (Å²) in [5, 5.41) is 0. The van der Waals surface area contributed by atoms with E-state index in [-0.39, 0.29) is 12.8 Å². The predicted molar refractivity (Wildman–Crippen MR) is 182 cm³/mol. The number of aliphatic imine (C=N–C) groups is 5. The number of benzene rings is 5. The molecule has 0 aliphatic heterocycles. The largest absolute Gasteiger partial charge is 0.240 e. The average Bonchev–Trinajstić information content (AvgIpc) is 3.11. The van der Waals surface area contributed by atoms with Gasteiger partial charge in [-0.2, -0.15) is 25.0 Å². The van der Waals surface area contributed by atoms with Crippen molar-refractivity contribution in [2.45, 2.75) is 25.7 Å². The summed E-state index contributed by atoms with van der Waals surface area (Å²) < 4.78 is 0. The number of isocyanates is 5. The van der Waals surface area contributed by atoms with Crippen molar-refractivity contribution in [3.63, 3.8) is 0 Å². The molecule has 0 unspecified atom stereocenters. The van der Waals surface area contributed by atoms with Crippen molar-refractivity contribution in [2.75, 3.05) is 0 Å². The minimum absolute atomic E-state index is 0.254. The number of para-hydroxylation sites is 5. The van der Waals surface area contributed by atoms with Gasteiger partial charge >= 0.3 is 0 Å². The highest BCUT2D eigenvalue weighted by Gasteiger charge is 2.17. The molecule has 0 atom stereocenters. The van der Waals surface area contributed by atoms with Crippen molar-refractivity contribution >= 4 is 58.8 Å². The number of carbonyl (C=O) groups excluding carboxylic acids is 5. The van der Waals surface area contributed by atoms with E-state index in [1.807, 2.05) is 78.9 Å². The zero-order valence-electron chi connectivity index (χ0n) is 25.9. The van der Waals surface area contributed by atoms with Gasteiger partial charge in [-0.15, -0.1) is 0 Å². The van der Waals surface area contributed by atoms with Crippen LogP contribution in [-0.4, -0.2) is 30.4 Å². The summed E-state index contributed by atoms with van der Waals surface area (Å²) in [5.41, 5.74) is 7.72. The molecule has 10 nitrogen and oxygen atoms in total. The molecule has 0 amide bonds. The highest BCUT2D eigenvalue weighted by molar-refractivity contribution is 5.68. The highest BCUT2D eigenvalue weighted by atomic mass is 16.1. The van der Waals surface area contributed by atoms with E-state index >= 15 is 0 Å². The van der Waals surface area contributed by atoms with Gasteiger partial charge in [0, 0.05) is 25.7 Å². The van der Waals surface area contributed by atoms with Crippen molar-refractivity contribution in [3.05, 3.63) is 148 Å². The lowest BCUT2D eigenvalue weighted by molar-refractivity contribution is 0.564. The van der Waals surface area contributed by atoms with E-state index in [1.165, 1.54) is 0 Å². The maximum atomic E-state index is 11.7. The molecule has 0 spiro atoms. The van der Waals surface area contributed by atoms with E-state index in [0.717, 1.165) is 11.1 Å². The lowest BCUT2D eigenvalue weighted by atomic mass is 9.92. The van der Waals surface area contributed by atoms with Gasteiger partial charge in [0.1, 0.15) is 0 Å². The van der Waals surface area contributed by atoms with Crippen LogP contribution in [0.25, 0.3) is 0 Å². The second-order valence-corrected chi connectivity index (χ2v) is 10.8. The van der Waals surface area contributed by atoms with Crippen LogP contribution in [0.15, 0.2) is 128 Å². The second-order valence-electron chi connectivity index (χ2n) is 10.8. The lowest BCUT2D eigenvalue weighted by Crippen LogP contribution is -1.99. The Kier molecular flexibility index (Phi) is 11.3. The molecule has 49 heavy (non-hydrogen) atoms. The van der Waals surface area contributed by atoms with E-state index in [1.54, 1.807) is 54.7 Å². The fourth-order valence-corrected chi connectivity index (χ4v) is 5.82. The molecule has 5 aromatic carbocycles. The third kappa shape index (κ3) is 8.05. The maximum Gasteiger partial charge on any atom is 0.240 e. The van der Waals surface area contributed by atoms with Gasteiger partial charge in [0.25, 0.3) is 0 Å². The fraction of sp³-hybridized carbons (Fsp3) is 0.103. The number of nitrogens with zero attached hydrogens (tertiary/aromatic N) is 5. The standard InChI is InChI=1S/C39H25N5O5/c45-22-40-35-16-3-1-8-27(35)18-29-10-5-12-31(37(29)42-24-47)20-33-14-7-15-34(39(33)44-26-49)21-32-13-6-11-30(38(32)43-25-48)19-28-9-2-4-17-36(28)41-23-46/h1-17H,18-21H2. The Morgan fingerprint density at radius 1 is 0.306 bits per heavy atom. The molecular weight excluding hydrogens is 618 g/mol. The molecule has 0 saturated carbocycles. The Labute approximate surface area is 280 Å². The van der Waals surface area contributed by atoms with Crippen LogP contribution >= 0.6 is 0 Å². The van der Waals surface area contributed by atoms with Gasteiger partial charge < -0.3 is 0 Å². The van der Waals surface area contributed by atoms with Crippen molar-refractivity contribution in [1.29, 1.82) is 0 Å². The number of hydrogen-bond donors (Lipinski definition) is 0. The molecule has 0 bridgehead atoms. The third-order valence-corrected chi connectivity index (χ3v) is 7.92. The summed E-state index contributed by atoms with van der Waals surface area (Å²) in [5.74, 6) is 0. The molecule has 0 heterocycles. The van der Waals surface area contributed by atoms with Gasteiger partial charge in [0.05, 0.1) is 28.4 Å². The Balaban J connectivity index is 1.53. The molecule has 0 aliphatic carbocycles. The van der Waals surface area contributed by atoms with Crippen molar-refractivity contribution in [3.8, 4) is 0 Å². The molecule has 5 rings (SSSR count). The molecule has 0 aromatic heterocycles. The summed E-state index contributed by atoms with van der Waals surface area (Å²) in [6.07, 6.45) is 9.27. The monoisotopic (exact) mass is 643 g/mol. The first-order valence-electron chi connectivity index (χ1n) is 15.0. The minimum atomic E-state index is 0.254. The van der Waals surface area contributed by atoms with Gasteiger partial charge in [-0.1, -0.05) is 91.0 Å². The molecule has 0 aliphatic rings. The van der Waals surface area contributed by atoms with E-state index in [2.05, 4.69) is 25.0 Å². The molecule has 0 radical (unpaired) electrons. The van der Waals surface area contributed by atoms with Crippen molar-refractivity contribution in [1.82, 2.24) is 0 Å². The summed E-state index contributed by atoms with van der Waals surface area (Å²) in [6.45, 7) is 0. The number of hydrogen-bond acceptors (Lipinski definition) is 10. The fourth-order valence-electron chi connectivity index (χ4n) is 5.82. The molecular formula is C39H25N5O5. The Hall–Kier alpha value is -7.00. The van der Waals surface area contributed by atoms with E-state index in [4.69, 9.17) is 0 Å². The zero-order valence-corrected chi connectivity index (χ0v) is 25.9. The topological polar surface area (TPSA) is 147 Å². The first-order chi connectivity index (χ1) is 24.1. The van der Waals surface area contributed by atoms with Crippen molar-refractivity contribution in [2.24, 2.45) is 25.0 Å². The first-order valence-corrected chi connectivity index (χ1v) is 15.0. The van der Waals surface area contributed by atoms with E-state index in [9.17, 15) is 24.0 Å². The van der Waals surface area contributed by atoms with Gasteiger partial charge in [-0.25, -0.2) is 24.0 Å². The first kappa shape index (κ1) is 33.4. The second kappa shape index (κ2) is 16.5. The van der Waals surface area contributed by atoms with Gasteiger partial charge in [-0.3, -0.25) is 0 Å². The Morgan fingerprint density at radius 2 is 0.551 bits per heavy atom. The van der Waals surface area contributed by atoms with E-state index in [0.29, 0.717) is 74.7 Å². The predicted octanol–water partition coefficient (Wildman–Crippen LogP) is 7.89. The van der Waals surface area contributed by atoms with Gasteiger partial charge in [-0.05, 0) is 56.6 Å². The maximum absolute atomic E-state index is 11.7. The van der Waals surface area contributed by atoms with Crippen LogP contribution in [-0.2, 0) is 49.7 Å². The van der Waals surface area contributed by atoms with E-state index < -0.39 is 0 Å². The summed E-state index contributed by atoms with van der Waals surface area (Å²) in [4.78, 5) is 76.5. The quantitative estimate of drug-likeness (QED) is 0.0945.